The SMILES string of the molecule is Cc1ccc(C)c2c1C(=O)C(=O)N2CC(C)CN. The van der Waals surface area contributed by atoms with Crippen molar-refractivity contribution in [3.63, 3.8) is 0 Å². The minimum absolute atomic E-state index is 0.174. The largest absolute Gasteiger partial charge is 0.330 e. The zero-order chi connectivity index (χ0) is 13.4. The number of carbonyl (C=O) groups is 2. The molecule has 2 rings (SSSR count). The lowest BCUT2D eigenvalue weighted by Gasteiger charge is -2.22. The van der Waals surface area contributed by atoms with Gasteiger partial charge in [-0.3, -0.25) is 9.59 Å². The highest BCUT2D eigenvalue weighted by molar-refractivity contribution is 6.52. The highest BCUT2D eigenvalue weighted by atomic mass is 16.2. The Morgan fingerprint density at radius 1 is 1.22 bits per heavy atom. The molecule has 4 nitrogen and oxygen atoms in total. The molecule has 96 valence electrons. The van der Waals surface area contributed by atoms with Gasteiger partial charge < -0.3 is 10.6 Å². The number of hydrogen-bond donors (Lipinski definition) is 1. The second-order valence-corrected chi connectivity index (χ2v) is 5.01. The molecule has 1 aliphatic heterocycles. The Balaban J connectivity index is 2.51. The van der Waals surface area contributed by atoms with Gasteiger partial charge in [-0.1, -0.05) is 19.1 Å². The van der Waals surface area contributed by atoms with Crippen molar-refractivity contribution in [3.8, 4) is 0 Å². The van der Waals surface area contributed by atoms with Crippen molar-refractivity contribution < 1.29 is 9.59 Å². The smallest absolute Gasteiger partial charge is 0.299 e. The second kappa shape index (κ2) is 4.53. The van der Waals surface area contributed by atoms with Crippen molar-refractivity contribution in [2.24, 2.45) is 11.7 Å². The molecule has 1 amide bonds. The normalized spacial score (nSPS) is 16.1. The summed E-state index contributed by atoms with van der Waals surface area (Å²) in [6.07, 6.45) is 0. The van der Waals surface area contributed by atoms with Crippen LogP contribution in [0.2, 0.25) is 0 Å². The summed E-state index contributed by atoms with van der Waals surface area (Å²) in [5.41, 5.74) is 8.74. The van der Waals surface area contributed by atoms with Crippen LogP contribution in [0.1, 0.15) is 28.4 Å². The zero-order valence-corrected chi connectivity index (χ0v) is 11.0. The average Bonchev–Trinajstić information content (AvgIpc) is 2.60. The summed E-state index contributed by atoms with van der Waals surface area (Å²) in [6.45, 7) is 6.75. The first-order chi connectivity index (χ1) is 8.47. The molecule has 0 spiro atoms. The van der Waals surface area contributed by atoms with Crippen molar-refractivity contribution in [2.45, 2.75) is 20.8 Å². The third-order valence-corrected chi connectivity index (χ3v) is 3.42. The molecule has 2 N–H and O–H groups in total. The molecule has 0 aromatic heterocycles. The molecule has 0 fully saturated rings. The number of benzene rings is 1. The van der Waals surface area contributed by atoms with E-state index in [1.165, 1.54) is 0 Å². The van der Waals surface area contributed by atoms with E-state index in [9.17, 15) is 9.59 Å². The van der Waals surface area contributed by atoms with E-state index in [-0.39, 0.29) is 5.92 Å². The number of nitrogens with zero attached hydrogens (tertiary/aromatic N) is 1. The van der Waals surface area contributed by atoms with Gasteiger partial charge in [0, 0.05) is 6.54 Å². The molecule has 1 aliphatic rings. The summed E-state index contributed by atoms with van der Waals surface area (Å²) in [6, 6.07) is 3.83. The van der Waals surface area contributed by atoms with Gasteiger partial charge >= 0.3 is 0 Å². The average molecular weight is 246 g/mol. The fraction of sp³-hybridized carbons (Fsp3) is 0.429. The van der Waals surface area contributed by atoms with E-state index in [1.54, 1.807) is 4.90 Å². The van der Waals surface area contributed by atoms with E-state index in [0.717, 1.165) is 16.8 Å². The minimum atomic E-state index is -0.428. The summed E-state index contributed by atoms with van der Waals surface area (Å²) < 4.78 is 0. The van der Waals surface area contributed by atoms with Crippen LogP contribution in [0.3, 0.4) is 0 Å². The number of fused-ring (bicyclic) bond motifs is 1. The molecule has 18 heavy (non-hydrogen) atoms. The van der Waals surface area contributed by atoms with Crippen LogP contribution in [0.5, 0.6) is 0 Å². The van der Waals surface area contributed by atoms with E-state index >= 15 is 0 Å². The Morgan fingerprint density at radius 3 is 2.44 bits per heavy atom. The Labute approximate surface area is 107 Å². The van der Waals surface area contributed by atoms with Crippen molar-refractivity contribution in [2.75, 3.05) is 18.0 Å². The molecule has 1 heterocycles. The summed E-state index contributed by atoms with van der Waals surface area (Å²) in [7, 11) is 0. The molecule has 0 saturated heterocycles. The predicted octanol–water partition coefficient (Wildman–Crippen LogP) is 1.43. The monoisotopic (exact) mass is 246 g/mol. The van der Waals surface area contributed by atoms with Crippen molar-refractivity contribution in [1.82, 2.24) is 0 Å². The number of nitrogens with two attached hydrogens (primary N) is 1. The van der Waals surface area contributed by atoms with Gasteiger partial charge in [0.25, 0.3) is 11.7 Å². The number of rotatable bonds is 3. The molecule has 0 aliphatic carbocycles. The molecule has 4 heteroatoms. The molecular formula is C14H18N2O2. The van der Waals surface area contributed by atoms with Crippen molar-refractivity contribution in [3.05, 3.63) is 28.8 Å². The Bertz CT molecular complexity index is 523. The number of anilines is 1. The first-order valence-electron chi connectivity index (χ1n) is 6.13. The van der Waals surface area contributed by atoms with Crippen molar-refractivity contribution >= 4 is 17.4 Å². The Hall–Kier alpha value is -1.68. The fourth-order valence-corrected chi connectivity index (χ4v) is 2.32. The van der Waals surface area contributed by atoms with Gasteiger partial charge in [0.1, 0.15) is 0 Å². The van der Waals surface area contributed by atoms with E-state index in [2.05, 4.69) is 0 Å². The lowest BCUT2D eigenvalue weighted by Crippen LogP contribution is -2.36. The first kappa shape index (κ1) is 12.8. The molecule has 1 aromatic rings. The zero-order valence-electron chi connectivity index (χ0n) is 11.0. The Morgan fingerprint density at radius 2 is 1.83 bits per heavy atom. The van der Waals surface area contributed by atoms with E-state index < -0.39 is 11.7 Å². The maximum absolute atomic E-state index is 12.1. The molecule has 1 unspecified atom stereocenters. The molecule has 1 atom stereocenters. The summed E-state index contributed by atoms with van der Waals surface area (Å²) in [5.74, 6) is -0.647. The molecular weight excluding hydrogens is 228 g/mol. The molecule has 1 aromatic carbocycles. The first-order valence-corrected chi connectivity index (χ1v) is 6.13. The van der Waals surface area contributed by atoms with Crippen LogP contribution in [0, 0.1) is 19.8 Å². The molecule has 0 radical (unpaired) electrons. The lowest BCUT2D eigenvalue weighted by molar-refractivity contribution is -0.114. The van der Waals surface area contributed by atoms with Crippen LogP contribution < -0.4 is 10.6 Å². The third-order valence-electron chi connectivity index (χ3n) is 3.42. The van der Waals surface area contributed by atoms with Gasteiger partial charge in [0.2, 0.25) is 0 Å². The van der Waals surface area contributed by atoms with E-state index in [0.29, 0.717) is 18.7 Å². The fourth-order valence-electron chi connectivity index (χ4n) is 2.32. The van der Waals surface area contributed by atoms with Crippen LogP contribution in [0.4, 0.5) is 5.69 Å². The standard InChI is InChI=1S/C14H18N2O2/c1-8(6-15)7-16-12-10(3)5-4-9(2)11(12)13(17)14(16)18/h4-5,8H,6-7,15H2,1-3H3. The summed E-state index contributed by atoms with van der Waals surface area (Å²) in [4.78, 5) is 25.7. The number of aryl methyl sites for hydroxylation is 2. The van der Waals surface area contributed by atoms with Crippen LogP contribution in [-0.4, -0.2) is 24.8 Å². The van der Waals surface area contributed by atoms with Gasteiger partial charge in [-0.2, -0.15) is 0 Å². The number of carbonyl (C=O) groups excluding carboxylic acids is 2. The van der Waals surface area contributed by atoms with Gasteiger partial charge in [-0.25, -0.2) is 0 Å². The molecule has 0 saturated carbocycles. The van der Waals surface area contributed by atoms with Gasteiger partial charge in [0.05, 0.1) is 11.3 Å². The molecule has 0 bridgehead atoms. The van der Waals surface area contributed by atoms with Gasteiger partial charge in [0.15, 0.2) is 0 Å². The maximum atomic E-state index is 12.1. The number of hydrogen-bond acceptors (Lipinski definition) is 3. The minimum Gasteiger partial charge on any atom is -0.330 e. The topological polar surface area (TPSA) is 63.4 Å². The van der Waals surface area contributed by atoms with Crippen molar-refractivity contribution in [1.29, 1.82) is 0 Å². The van der Waals surface area contributed by atoms with E-state index in [1.807, 2.05) is 32.9 Å². The van der Waals surface area contributed by atoms with Crippen LogP contribution >= 0.6 is 0 Å². The second-order valence-electron chi connectivity index (χ2n) is 5.01. The number of amides is 1. The maximum Gasteiger partial charge on any atom is 0.299 e. The van der Waals surface area contributed by atoms with Crippen LogP contribution in [-0.2, 0) is 4.79 Å². The van der Waals surface area contributed by atoms with E-state index in [4.69, 9.17) is 5.73 Å². The van der Waals surface area contributed by atoms with Crippen LogP contribution in [0.15, 0.2) is 12.1 Å². The number of Topliss-reactive ketones (excluding diaryl/α,β-unsaturated/α-hetero) is 1. The summed E-state index contributed by atoms with van der Waals surface area (Å²) in [5, 5.41) is 0. The summed E-state index contributed by atoms with van der Waals surface area (Å²) >= 11 is 0. The number of ketones is 1. The highest BCUT2D eigenvalue weighted by Gasteiger charge is 2.38. The van der Waals surface area contributed by atoms with Crippen LogP contribution in [0.25, 0.3) is 0 Å². The quantitative estimate of drug-likeness (QED) is 0.820. The van der Waals surface area contributed by atoms with Gasteiger partial charge in [-0.05, 0) is 37.4 Å². The highest BCUT2D eigenvalue weighted by Crippen LogP contribution is 2.34. The Kier molecular flexibility index (Phi) is 3.22. The van der Waals surface area contributed by atoms with Gasteiger partial charge in [-0.15, -0.1) is 0 Å². The third kappa shape index (κ3) is 1.82. The predicted molar refractivity (Wildman–Crippen MR) is 70.8 cm³/mol. The lowest BCUT2D eigenvalue weighted by atomic mass is 10.0.